The number of benzene rings is 2. The van der Waals surface area contributed by atoms with E-state index in [1.807, 2.05) is 63.2 Å². The highest BCUT2D eigenvalue weighted by Gasteiger charge is 2.20. The van der Waals surface area contributed by atoms with Crippen LogP contribution in [0.2, 0.25) is 0 Å². The average molecular weight is 678 g/mol. The minimum Gasteiger partial charge on any atom is -0.487 e. The van der Waals surface area contributed by atoms with Crippen molar-refractivity contribution in [3.8, 4) is 23.0 Å². The van der Waals surface area contributed by atoms with Crippen LogP contribution in [0.25, 0.3) is 0 Å². The Morgan fingerprint density at radius 3 is 1.65 bits per heavy atom. The fraction of sp³-hybridized carbons (Fsp3) is 0.639. The van der Waals surface area contributed by atoms with Gasteiger partial charge in [0.2, 0.25) is 0 Å². The monoisotopic (exact) mass is 677 g/mol. The number of nitrogens with zero attached hydrogens (tertiary/aromatic N) is 1. The van der Waals surface area contributed by atoms with Gasteiger partial charge >= 0.3 is 5.97 Å². The van der Waals surface area contributed by atoms with Crippen LogP contribution in [0.4, 0.5) is 0 Å². The maximum atomic E-state index is 12.7. The van der Waals surface area contributed by atoms with Gasteiger partial charge in [0, 0.05) is 13.2 Å². The number of esters is 1. The highest BCUT2D eigenvalue weighted by atomic mass is 16.6. The number of carbonyl (C=O) groups is 1. The zero-order valence-electron chi connectivity index (χ0n) is 29.0. The van der Waals surface area contributed by atoms with E-state index in [-0.39, 0.29) is 19.1 Å². The Bertz CT molecular complexity index is 1160. The number of hydrogen-bond acceptors (Lipinski definition) is 12. The van der Waals surface area contributed by atoms with E-state index in [9.17, 15) is 9.90 Å². The third-order valence-corrected chi connectivity index (χ3v) is 6.85. The molecule has 270 valence electrons. The molecule has 0 spiro atoms. The number of aliphatic hydroxyl groups excluding tert-OH is 1. The molecule has 12 heteroatoms. The minimum atomic E-state index is -0.562. The second-order valence-corrected chi connectivity index (χ2v) is 12.2. The van der Waals surface area contributed by atoms with Gasteiger partial charge in [-0.3, -0.25) is 9.69 Å². The molecular weight excluding hydrogens is 622 g/mol. The van der Waals surface area contributed by atoms with Crippen LogP contribution in [0.3, 0.4) is 0 Å². The molecule has 1 aliphatic rings. The summed E-state index contributed by atoms with van der Waals surface area (Å²) < 4.78 is 52.1. The van der Waals surface area contributed by atoms with Crippen molar-refractivity contribution in [3.63, 3.8) is 0 Å². The van der Waals surface area contributed by atoms with Gasteiger partial charge in [-0.2, -0.15) is 0 Å². The zero-order valence-corrected chi connectivity index (χ0v) is 29.0. The zero-order chi connectivity index (χ0) is 34.3. The number of para-hydroxylation sites is 2. The van der Waals surface area contributed by atoms with Crippen molar-refractivity contribution in [2.24, 2.45) is 0 Å². The molecule has 0 unspecified atom stereocenters. The number of hydrogen-bond donors (Lipinski definition) is 1. The molecule has 0 fully saturated rings. The third-order valence-electron chi connectivity index (χ3n) is 6.85. The first-order chi connectivity index (χ1) is 23.3. The summed E-state index contributed by atoms with van der Waals surface area (Å²) in [5, 5.41) is 9.18. The van der Waals surface area contributed by atoms with E-state index >= 15 is 0 Å². The van der Waals surface area contributed by atoms with Crippen molar-refractivity contribution in [3.05, 3.63) is 48.0 Å². The van der Waals surface area contributed by atoms with Crippen LogP contribution in [-0.4, -0.2) is 121 Å². The summed E-state index contributed by atoms with van der Waals surface area (Å²) in [6.45, 7) is 11.8. The van der Waals surface area contributed by atoms with Crippen molar-refractivity contribution in [2.45, 2.75) is 52.2 Å². The lowest BCUT2D eigenvalue weighted by molar-refractivity contribution is -0.156. The van der Waals surface area contributed by atoms with Gasteiger partial charge in [-0.15, -0.1) is 0 Å². The molecule has 48 heavy (non-hydrogen) atoms. The van der Waals surface area contributed by atoms with Crippen LogP contribution < -0.4 is 18.9 Å². The molecule has 0 saturated heterocycles. The normalized spacial score (nSPS) is 16.5. The molecule has 12 nitrogen and oxygen atoms in total. The molecule has 2 aromatic carbocycles. The van der Waals surface area contributed by atoms with Crippen molar-refractivity contribution in [2.75, 3.05) is 99.0 Å². The molecule has 1 N–H and O–H groups in total. The molecule has 0 aromatic heterocycles. The van der Waals surface area contributed by atoms with Gasteiger partial charge in [0.15, 0.2) is 23.0 Å². The van der Waals surface area contributed by atoms with Crippen LogP contribution in [0, 0.1) is 0 Å². The van der Waals surface area contributed by atoms with Crippen molar-refractivity contribution in [1.29, 1.82) is 0 Å². The molecule has 1 heterocycles. The van der Waals surface area contributed by atoms with E-state index in [1.165, 1.54) is 0 Å². The Labute approximate surface area is 285 Å². The molecule has 0 amide bonds. The molecule has 1 aliphatic heterocycles. The highest BCUT2D eigenvalue weighted by Crippen LogP contribution is 2.29. The van der Waals surface area contributed by atoms with E-state index in [0.717, 1.165) is 24.8 Å². The van der Waals surface area contributed by atoms with E-state index in [1.54, 1.807) is 0 Å². The fourth-order valence-electron chi connectivity index (χ4n) is 4.71. The summed E-state index contributed by atoms with van der Waals surface area (Å²) >= 11 is 0. The first-order valence-corrected chi connectivity index (χ1v) is 16.9. The lowest BCUT2D eigenvalue weighted by atomic mass is 10.1. The maximum absolute atomic E-state index is 12.7. The van der Waals surface area contributed by atoms with E-state index in [2.05, 4.69) is 4.90 Å². The molecular formula is C36H55NO11. The van der Waals surface area contributed by atoms with E-state index in [0.29, 0.717) is 115 Å². The first kappa shape index (κ1) is 39.3. The number of rotatable bonds is 9. The van der Waals surface area contributed by atoms with Crippen LogP contribution in [0.5, 0.6) is 23.0 Å². The van der Waals surface area contributed by atoms with Gasteiger partial charge in [0.25, 0.3) is 0 Å². The maximum Gasteiger partial charge on any atom is 0.320 e. The van der Waals surface area contributed by atoms with Crippen LogP contribution in [0.1, 0.15) is 45.6 Å². The van der Waals surface area contributed by atoms with Crippen LogP contribution >= 0.6 is 0 Å². The first-order valence-electron chi connectivity index (χ1n) is 16.9. The molecule has 0 radical (unpaired) electrons. The smallest absolute Gasteiger partial charge is 0.320 e. The van der Waals surface area contributed by atoms with Crippen LogP contribution in [-0.2, 0) is 35.0 Å². The second-order valence-electron chi connectivity index (χ2n) is 12.2. The summed E-state index contributed by atoms with van der Waals surface area (Å²) in [6, 6.07) is 13.3. The minimum absolute atomic E-state index is 0.156. The predicted molar refractivity (Wildman–Crippen MR) is 180 cm³/mol. The Morgan fingerprint density at radius 1 is 0.667 bits per heavy atom. The lowest BCUT2D eigenvalue weighted by Crippen LogP contribution is -2.35. The number of ether oxygens (including phenoxy) is 9. The predicted octanol–water partition coefficient (Wildman–Crippen LogP) is 4.29. The topological polar surface area (TPSA) is 124 Å². The number of aliphatic hydroxyl groups is 1. The number of fused-ring (bicyclic) bond motifs is 2. The molecule has 0 saturated carbocycles. The Morgan fingerprint density at radius 2 is 1.15 bits per heavy atom. The highest BCUT2D eigenvalue weighted by molar-refractivity contribution is 5.72. The average Bonchev–Trinajstić information content (AvgIpc) is 3.04. The standard InChI is InChI=1S/C36H55NO11/c1-36(2,3)48-35(39)29-37(13-7-4-8-14-38)28-30-11-12-33-34(27-30)47-26-22-43-18-17-41-20-24-45-32-10-6-5-9-31(32)44-23-19-40-15-16-42-21-25-46-33/h5-6,9-12,27,38H,4,7-8,13-26,28-29H2,1-3H3. The summed E-state index contributed by atoms with van der Waals surface area (Å²) in [4.78, 5) is 14.7. The van der Waals surface area contributed by atoms with Crippen LogP contribution in [0.15, 0.2) is 42.5 Å². The van der Waals surface area contributed by atoms with Gasteiger partial charge in [-0.05, 0) is 76.4 Å². The molecule has 0 atom stereocenters. The molecule has 0 aliphatic carbocycles. The number of carbonyl (C=O) groups excluding carboxylic acids is 1. The van der Waals surface area contributed by atoms with E-state index in [4.69, 9.17) is 42.6 Å². The molecule has 2 aromatic rings. The fourth-order valence-corrected chi connectivity index (χ4v) is 4.71. The SMILES string of the molecule is CC(C)(C)OC(=O)CN(CCCCCO)Cc1ccc2c(c1)OCCOCCOCCOc1ccccc1OCCOCCOCCO2. The molecule has 3 rings (SSSR count). The van der Waals surface area contributed by atoms with Gasteiger partial charge in [-0.25, -0.2) is 0 Å². The summed E-state index contributed by atoms with van der Waals surface area (Å²) in [5.41, 5.74) is 0.404. The Hall–Kier alpha value is -3.13. The summed E-state index contributed by atoms with van der Waals surface area (Å²) in [5.74, 6) is 2.22. The van der Waals surface area contributed by atoms with Crippen molar-refractivity contribution in [1.82, 2.24) is 4.90 Å². The quantitative estimate of drug-likeness (QED) is 0.301. The van der Waals surface area contributed by atoms with Gasteiger partial charge in [0.1, 0.15) is 32.0 Å². The molecule has 0 bridgehead atoms. The summed E-state index contributed by atoms with van der Waals surface area (Å²) in [6.07, 6.45) is 2.46. The lowest BCUT2D eigenvalue weighted by Gasteiger charge is -2.25. The van der Waals surface area contributed by atoms with Crippen molar-refractivity contribution < 1.29 is 52.5 Å². The Balaban J connectivity index is 1.58. The van der Waals surface area contributed by atoms with E-state index < -0.39 is 5.60 Å². The van der Waals surface area contributed by atoms with Crippen molar-refractivity contribution >= 4 is 5.97 Å². The largest absolute Gasteiger partial charge is 0.487 e. The van der Waals surface area contributed by atoms with Gasteiger partial charge in [-0.1, -0.05) is 18.2 Å². The summed E-state index contributed by atoms with van der Waals surface area (Å²) in [7, 11) is 0. The van der Waals surface area contributed by atoms with Gasteiger partial charge < -0.3 is 47.7 Å². The van der Waals surface area contributed by atoms with Gasteiger partial charge in [0.05, 0.1) is 59.4 Å². The Kier molecular flexibility index (Phi) is 19.1. The number of unbranched alkanes of at least 4 members (excludes halogenated alkanes) is 2. The third kappa shape index (κ3) is 17.3. The second kappa shape index (κ2) is 23.3.